The smallest absolute Gasteiger partial charge is 0.306 e. The van der Waals surface area contributed by atoms with E-state index in [2.05, 4.69) is 21.3 Å². The molecule has 1 fully saturated rings. The third-order valence-corrected chi connectivity index (χ3v) is 21.4. The van der Waals surface area contributed by atoms with Gasteiger partial charge in [-0.05, 0) is 62.6 Å². The maximum atomic E-state index is 14.4. The Morgan fingerprint density at radius 2 is 1.43 bits per heavy atom. The Bertz CT molecular complexity index is 3980. The Hall–Kier alpha value is -7.93. The summed E-state index contributed by atoms with van der Waals surface area (Å²) in [4.78, 5) is 145. The summed E-state index contributed by atoms with van der Waals surface area (Å²) < 4.78 is 5.50. The Kier molecular flexibility index (Phi) is 20.9. The number of anilines is 1. The molecule has 8 aromatic rings. The Labute approximate surface area is 541 Å². The van der Waals surface area contributed by atoms with Gasteiger partial charge in [-0.3, -0.25) is 43.3 Å². The van der Waals surface area contributed by atoms with Gasteiger partial charge in [0.1, 0.15) is 65.0 Å². The van der Waals surface area contributed by atoms with Crippen molar-refractivity contribution in [1.29, 1.82) is 0 Å². The number of aryl methyl sites for hydroxylation is 1. The van der Waals surface area contributed by atoms with E-state index >= 15 is 0 Å². The zero-order chi connectivity index (χ0) is 63.9. The Morgan fingerprint density at radius 1 is 0.722 bits per heavy atom. The molecule has 29 heteroatoms. The number of methoxy groups -OCH3 is 1. The molecule has 6 N–H and O–H groups in total. The van der Waals surface area contributed by atoms with Crippen molar-refractivity contribution in [3.8, 4) is 43.4 Å². The largest absolute Gasteiger partial charge is 0.481 e. The van der Waals surface area contributed by atoms with E-state index in [0.29, 0.717) is 99.6 Å². The topological polar surface area (TPSA) is 328 Å². The molecule has 1 aliphatic heterocycles. The van der Waals surface area contributed by atoms with E-state index in [9.17, 15) is 48.6 Å². The number of rotatable bonds is 16. The van der Waals surface area contributed by atoms with Crippen LogP contribution in [0.3, 0.4) is 0 Å². The fourth-order valence-corrected chi connectivity index (χ4v) is 16.4. The summed E-state index contributed by atoms with van der Waals surface area (Å²) in [6, 6.07) is 11.6. The van der Waals surface area contributed by atoms with Crippen molar-refractivity contribution < 1.29 is 53.3 Å². The van der Waals surface area contributed by atoms with Gasteiger partial charge in [0.15, 0.2) is 5.78 Å². The number of fused-ring (bicyclic) bond motifs is 14. The van der Waals surface area contributed by atoms with Gasteiger partial charge >= 0.3 is 11.9 Å². The molecule has 10 bridgehead atoms. The van der Waals surface area contributed by atoms with Crippen molar-refractivity contribution >= 4 is 121 Å². The number of ketones is 1. The molecule has 1 aromatic carbocycles. The number of nitrogens with one attached hydrogen (secondary N) is 4. The van der Waals surface area contributed by atoms with E-state index in [-0.39, 0.29) is 79.4 Å². The number of unbranched alkanes of at least 4 members (excludes halogenated alkanes) is 1. The number of aromatic nitrogens is 7. The number of hydrogen-bond acceptors (Lipinski definition) is 22. The number of carboxylic acid groups (broad SMARTS) is 2. The van der Waals surface area contributed by atoms with Crippen LogP contribution in [0.4, 0.5) is 5.82 Å². The van der Waals surface area contributed by atoms with Crippen LogP contribution in [-0.4, -0.2) is 120 Å². The minimum absolute atomic E-state index is 0.0274. The maximum absolute atomic E-state index is 14.4. The predicted octanol–water partition coefficient (Wildman–Crippen LogP) is 10.4. The molecule has 470 valence electrons. The summed E-state index contributed by atoms with van der Waals surface area (Å²) in [5, 5.41) is 40.3. The standard InChI is InChI=1S/C61H64N12O11S6/c1-29(2)36-21-42(74)49-31(4)89-58(71-49)38(22-45(75)62-5)65-52(79)40-26-85-54(67-40)35-17-18-37(56-69-44(28-88-56)73(19-11-10-14-47(77)78)60(81)33-15-16-34(20-33)61(82)83)64-50(35)39-25-86-57(66-39)41-27-87-59(68-41)48(30(3)32-12-8-7-9-13-32)70-46(76)23-63-53(80)51-43(24-84-6)90-55(36)72-51/h7-9,12-13,17-18,25-30,33-34,36,38,48H,10-11,14-16,19-24H2,1-6H3,(H,62,75)(H,63,80)(H,65,79)(H,70,76)(H,77,78)(H,82,83)/t30-,33+,34+,36?,38-,48-/m0/s1. The number of hydrogen-bond donors (Lipinski definition) is 6. The molecule has 2 aliphatic rings. The van der Waals surface area contributed by atoms with E-state index in [4.69, 9.17) is 39.6 Å². The second kappa shape index (κ2) is 28.9. The minimum Gasteiger partial charge on any atom is -0.481 e. The number of nitrogens with zero attached hydrogens (tertiary/aromatic N) is 8. The SMILES string of the molecule is CNC(=O)C[C@@H]1NC(=O)c2csc(n2)-c2ccc(-c3nc(N(CCCCC(=O)O)C(=O)[C@@H]4CC[C@@H](C(=O)O)C4)cs3)nc2-c2csc(n2)-c2csc(n2)[C@H]([C@@H](C)c2ccccc2)NC(=O)CNC(=O)c2nc(sc2COC)C(C(C)C)CC(=O)c2nc1sc2C. The summed E-state index contributed by atoms with van der Waals surface area (Å²) in [5.41, 5.74) is 3.40. The number of carbonyl (C=O) groups is 8. The van der Waals surface area contributed by atoms with Crippen molar-refractivity contribution in [2.24, 2.45) is 17.8 Å². The number of pyridine rings is 1. The van der Waals surface area contributed by atoms with Gasteiger partial charge in [-0.1, -0.05) is 51.1 Å². The fourth-order valence-electron chi connectivity index (χ4n) is 10.7. The first-order chi connectivity index (χ1) is 43.3. The number of aliphatic carboxylic acids is 2. The summed E-state index contributed by atoms with van der Waals surface area (Å²) in [5.74, 6) is -6.36. The van der Waals surface area contributed by atoms with Crippen molar-refractivity contribution in [3.05, 3.63) is 111 Å². The lowest BCUT2D eigenvalue weighted by atomic mass is 9.90. The van der Waals surface area contributed by atoms with Crippen molar-refractivity contribution in [2.75, 3.05) is 32.1 Å². The molecule has 6 atom stereocenters. The average molecular weight is 1330 g/mol. The lowest BCUT2D eigenvalue weighted by Gasteiger charge is -2.24. The number of amides is 5. The van der Waals surface area contributed by atoms with Crippen LogP contribution in [-0.2, 0) is 35.3 Å². The number of Topliss-reactive ketones (excluding diaryl/α,β-unsaturated/α-hetero) is 1. The van der Waals surface area contributed by atoms with Gasteiger partial charge in [0.2, 0.25) is 17.7 Å². The van der Waals surface area contributed by atoms with Crippen LogP contribution in [0.1, 0.15) is 158 Å². The molecule has 1 aliphatic carbocycles. The third kappa shape index (κ3) is 14.9. The first-order valence-electron chi connectivity index (χ1n) is 29.0. The highest BCUT2D eigenvalue weighted by Gasteiger charge is 2.38. The van der Waals surface area contributed by atoms with Gasteiger partial charge in [0.25, 0.3) is 11.8 Å². The molecule has 1 unspecified atom stereocenters. The molecule has 7 aromatic heterocycles. The van der Waals surface area contributed by atoms with E-state index in [0.717, 1.165) is 5.56 Å². The highest BCUT2D eigenvalue weighted by Crippen LogP contribution is 2.42. The monoisotopic (exact) mass is 1330 g/mol. The van der Waals surface area contributed by atoms with Crippen LogP contribution in [0.5, 0.6) is 0 Å². The van der Waals surface area contributed by atoms with E-state index in [1.807, 2.05) is 61.9 Å². The van der Waals surface area contributed by atoms with E-state index < -0.39 is 71.9 Å². The number of benzene rings is 1. The van der Waals surface area contributed by atoms with Crippen LogP contribution in [0.25, 0.3) is 43.4 Å². The summed E-state index contributed by atoms with van der Waals surface area (Å²) in [6.07, 6.45) is 1.29. The predicted molar refractivity (Wildman–Crippen MR) is 344 cm³/mol. The highest BCUT2D eigenvalue weighted by molar-refractivity contribution is 7.15. The molecule has 1 saturated carbocycles. The lowest BCUT2D eigenvalue weighted by Crippen LogP contribution is -2.40. The molecule has 0 saturated heterocycles. The summed E-state index contributed by atoms with van der Waals surface area (Å²) in [7, 11) is 2.98. The normalized spacial score (nSPS) is 18.5. The number of ether oxygens (including phenoxy) is 1. The van der Waals surface area contributed by atoms with Crippen LogP contribution < -0.4 is 26.2 Å². The Balaban J connectivity index is 1.05. The average Bonchev–Trinajstić information content (AvgIpc) is 1.67. The third-order valence-electron chi connectivity index (χ3n) is 15.7. The molecular weight excluding hydrogens is 1270 g/mol. The van der Waals surface area contributed by atoms with Crippen LogP contribution >= 0.6 is 68.0 Å². The summed E-state index contributed by atoms with van der Waals surface area (Å²) >= 11 is 7.48. The van der Waals surface area contributed by atoms with E-state index in [1.54, 1.807) is 29.8 Å². The van der Waals surface area contributed by atoms with Gasteiger partial charge in [0.05, 0.1) is 53.2 Å². The van der Waals surface area contributed by atoms with Gasteiger partial charge < -0.3 is 36.2 Å². The van der Waals surface area contributed by atoms with Gasteiger partial charge in [-0.2, -0.15) is 0 Å². The van der Waals surface area contributed by atoms with Crippen molar-refractivity contribution in [2.45, 2.75) is 110 Å². The van der Waals surface area contributed by atoms with Gasteiger partial charge in [-0.15, -0.1) is 68.0 Å². The highest BCUT2D eigenvalue weighted by atomic mass is 32.1. The maximum Gasteiger partial charge on any atom is 0.306 e. The van der Waals surface area contributed by atoms with Crippen LogP contribution in [0.15, 0.2) is 64.0 Å². The zero-order valence-corrected chi connectivity index (χ0v) is 54.7. The molecule has 5 amide bonds. The molecule has 8 heterocycles. The molecule has 10 rings (SSSR count). The van der Waals surface area contributed by atoms with E-state index in [1.165, 1.54) is 87.1 Å². The van der Waals surface area contributed by atoms with Gasteiger partial charge in [0, 0.05) is 83.3 Å². The summed E-state index contributed by atoms with van der Waals surface area (Å²) in [6.45, 7) is 7.45. The molecular formula is C61H64N12O11S6. The van der Waals surface area contributed by atoms with Crippen molar-refractivity contribution in [3.63, 3.8) is 0 Å². The fraction of sp³-hybridized carbons (Fsp3) is 0.393. The quantitative estimate of drug-likeness (QED) is 0.0490. The number of thiazole rings is 6. The number of carboxylic acids is 2. The van der Waals surface area contributed by atoms with Crippen LogP contribution in [0, 0.1) is 24.7 Å². The molecule has 0 spiro atoms. The second-order valence-electron chi connectivity index (χ2n) is 22.2. The Morgan fingerprint density at radius 3 is 2.17 bits per heavy atom. The van der Waals surface area contributed by atoms with Crippen molar-refractivity contribution in [1.82, 2.24) is 56.2 Å². The molecule has 90 heavy (non-hydrogen) atoms. The van der Waals surface area contributed by atoms with Gasteiger partial charge in [-0.25, -0.2) is 34.9 Å². The molecule has 0 radical (unpaired) electrons. The van der Waals surface area contributed by atoms with Crippen LogP contribution in [0.2, 0.25) is 0 Å². The first-order valence-corrected chi connectivity index (χ1v) is 34.2. The first kappa shape index (κ1) is 65.0. The minimum atomic E-state index is -0.976. The number of carbonyl (C=O) groups excluding carboxylic acids is 6. The molecule has 23 nitrogen and oxygen atoms in total. The lowest BCUT2D eigenvalue weighted by molar-refractivity contribution is -0.141. The second-order valence-corrected chi connectivity index (χ2v) is 28.0. The zero-order valence-electron chi connectivity index (χ0n) is 49.8.